The Morgan fingerprint density at radius 3 is 2.51 bits per heavy atom. The molecule has 1 atom stereocenters. The van der Waals surface area contributed by atoms with Gasteiger partial charge in [0, 0.05) is 49.4 Å². The molecule has 8 nitrogen and oxygen atoms in total. The Morgan fingerprint density at radius 1 is 0.956 bits per heavy atom. The molecule has 4 aromatic rings. The molecular formula is C36H36ClN3O5. The molecule has 0 aliphatic carbocycles. The molecule has 9 heteroatoms. The van der Waals surface area contributed by atoms with E-state index in [9.17, 15) is 19.5 Å². The highest BCUT2D eigenvalue weighted by molar-refractivity contribution is 6.30. The average molecular weight is 626 g/mol. The number of piperidine rings is 2. The number of nitrogens with one attached hydrogen (secondary N) is 1. The van der Waals surface area contributed by atoms with Gasteiger partial charge in [0.25, 0.3) is 5.91 Å². The number of carbonyl (C=O) groups is 2. The summed E-state index contributed by atoms with van der Waals surface area (Å²) in [6, 6.07) is 20.9. The number of para-hydroxylation sites is 1. The molecule has 2 N–H and O–H groups in total. The van der Waals surface area contributed by atoms with E-state index in [-0.39, 0.29) is 34.4 Å². The first kappa shape index (κ1) is 30.5. The van der Waals surface area contributed by atoms with Crippen LogP contribution in [0.1, 0.15) is 53.8 Å². The molecular weight excluding hydrogens is 590 g/mol. The number of benzene rings is 3. The topological polar surface area (TPSA) is 103 Å². The number of aromatic hydroxyl groups is 1. The van der Waals surface area contributed by atoms with Crippen LogP contribution in [-0.2, 0) is 17.8 Å². The lowest BCUT2D eigenvalue weighted by atomic mass is 9.97. The predicted molar refractivity (Wildman–Crippen MR) is 176 cm³/mol. The van der Waals surface area contributed by atoms with Crippen molar-refractivity contribution in [2.24, 2.45) is 0 Å². The monoisotopic (exact) mass is 625 g/mol. The van der Waals surface area contributed by atoms with Gasteiger partial charge in [-0.15, -0.1) is 0 Å². The number of nitrogens with zero attached hydrogens (tertiary/aromatic N) is 2. The van der Waals surface area contributed by atoms with E-state index < -0.39 is 11.3 Å². The van der Waals surface area contributed by atoms with Crippen molar-refractivity contribution < 1.29 is 19.1 Å². The minimum absolute atomic E-state index is 0.0479. The second-order valence-electron chi connectivity index (χ2n) is 11.8. The Hall–Kier alpha value is -4.56. The van der Waals surface area contributed by atoms with Gasteiger partial charge < -0.3 is 24.6 Å². The van der Waals surface area contributed by atoms with Gasteiger partial charge >= 0.3 is 0 Å². The molecule has 2 aliphatic heterocycles. The predicted octanol–water partition coefficient (Wildman–Crippen LogP) is 6.23. The van der Waals surface area contributed by atoms with Crippen molar-refractivity contribution >= 4 is 40.1 Å². The zero-order chi connectivity index (χ0) is 31.3. The minimum Gasteiger partial charge on any atom is -0.508 e. The van der Waals surface area contributed by atoms with Crippen LogP contribution in [0.3, 0.4) is 0 Å². The maximum absolute atomic E-state index is 13.4. The fourth-order valence-electron chi connectivity index (χ4n) is 6.20. The minimum atomic E-state index is -0.489. The van der Waals surface area contributed by atoms with Crippen molar-refractivity contribution in [2.45, 2.75) is 51.1 Å². The van der Waals surface area contributed by atoms with Crippen LogP contribution in [0.25, 0.3) is 11.0 Å². The van der Waals surface area contributed by atoms with Gasteiger partial charge in [-0.1, -0.05) is 53.6 Å². The van der Waals surface area contributed by atoms with Crippen LogP contribution in [0.4, 0.5) is 5.69 Å². The molecule has 2 amide bonds. The molecule has 3 aromatic carbocycles. The molecule has 3 heterocycles. The molecule has 0 radical (unpaired) electrons. The molecule has 2 saturated heterocycles. The largest absolute Gasteiger partial charge is 0.508 e. The zero-order valence-electron chi connectivity index (χ0n) is 25.0. The summed E-state index contributed by atoms with van der Waals surface area (Å²) in [5.74, 6) is -0.392. The van der Waals surface area contributed by atoms with Gasteiger partial charge in [-0.25, -0.2) is 0 Å². The highest BCUT2D eigenvalue weighted by Crippen LogP contribution is 2.29. The van der Waals surface area contributed by atoms with E-state index in [1.54, 1.807) is 0 Å². The summed E-state index contributed by atoms with van der Waals surface area (Å²) < 4.78 is 5.76. The van der Waals surface area contributed by atoms with E-state index in [1.165, 1.54) is 35.0 Å². The normalized spacial score (nSPS) is 16.1. The number of hydrogen-bond donors (Lipinski definition) is 2. The fraction of sp³-hybridized carbons (Fsp3) is 0.306. The average Bonchev–Trinajstić information content (AvgIpc) is 3.04. The number of amides is 2. The van der Waals surface area contributed by atoms with E-state index in [4.69, 9.17) is 16.0 Å². The number of rotatable bonds is 8. The summed E-state index contributed by atoms with van der Waals surface area (Å²) in [5, 5.41) is 13.7. The Kier molecular flexibility index (Phi) is 9.21. The van der Waals surface area contributed by atoms with Crippen LogP contribution < -0.4 is 15.6 Å². The number of phenols is 1. The summed E-state index contributed by atoms with van der Waals surface area (Å²) in [6.45, 7) is 3.10. The van der Waals surface area contributed by atoms with Crippen LogP contribution in [0.2, 0.25) is 5.02 Å². The number of anilines is 1. The van der Waals surface area contributed by atoms with E-state index in [2.05, 4.69) is 28.4 Å². The third kappa shape index (κ3) is 7.40. The van der Waals surface area contributed by atoms with E-state index >= 15 is 0 Å². The molecule has 232 valence electrons. The second-order valence-corrected chi connectivity index (χ2v) is 12.2. The molecule has 0 unspecified atom stereocenters. The van der Waals surface area contributed by atoms with Gasteiger partial charge in [0.1, 0.15) is 11.3 Å². The summed E-state index contributed by atoms with van der Waals surface area (Å²) >= 11 is 6.11. The summed E-state index contributed by atoms with van der Waals surface area (Å²) in [4.78, 5) is 42.9. The van der Waals surface area contributed by atoms with E-state index in [0.29, 0.717) is 24.4 Å². The summed E-state index contributed by atoms with van der Waals surface area (Å²) in [7, 11) is 0. The van der Waals surface area contributed by atoms with Crippen molar-refractivity contribution in [3.8, 4) is 5.75 Å². The first-order chi connectivity index (χ1) is 21.8. The lowest BCUT2D eigenvalue weighted by Gasteiger charge is -2.34. The van der Waals surface area contributed by atoms with Gasteiger partial charge in [-0.05, 0) is 79.6 Å². The Labute approximate surface area is 266 Å². The lowest BCUT2D eigenvalue weighted by molar-refractivity contribution is -0.133. The van der Waals surface area contributed by atoms with Crippen molar-refractivity contribution in [1.82, 2.24) is 10.2 Å². The molecule has 2 aliphatic rings. The van der Waals surface area contributed by atoms with Crippen LogP contribution in [0, 0.1) is 0 Å². The van der Waals surface area contributed by atoms with Crippen LogP contribution in [0.5, 0.6) is 5.75 Å². The van der Waals surface area contributed by atoms with Gasteiger partial charge in [0.15, 0.2) is 11.2 Å². The van der Waals surface area contributed by atoms with Crippen molar-refractivity contribution in [3.63, 3.8) is 0 Å². The fourth-order valence-corrected chi connectivity index (χ4v) is 6.32. The standard InChI is InChI=1S/C36H36ClN3O5/c37-27-10-8-24(9-11-27)19-28(38-36(44)34-22-32(42)30-21-29(41)12-13-33(30)45-34)20-25-14-17-39(18-15-25)31-6-2-1-5-26(31)23-40-16-4-3-7-35(40)43/h1-2,5-6,8-13,20-22,28,41H,3-4,7,14-19,23H2,(H,38,44)/t28-/m1/s1. The van der Waals surface area contributed by atoms with Crippen LogP contribution >= 0.6 is 11.6 Å². The van der Waals surface area contributed by atoms with Gasteiger partial charge in [0.05, 0.1) is 11.4 Å². The molecule has 45 heavy (non-hydrogen) atoms. The van der Waals surface area contributed by atoms with Crippen molar-refractivity contribution in [2.75, 3.05) is 24.5 Å². The smallest absolute Gasteiger partial charge is 0.287 e. The lowest BCUT2D eigenvalue weighted by Crippen LogP contribution is -2.37. The summed E-state index contributed by atoms with van der Waals surface area (Å²) in [5.41, 5.74) is 4.42. The Bertz CT molecular complexity index is 1790. The maximum Gasteiger partial charge on any atom is 0.287 e. The van der Waals surface area contributed by atoms with Gasteiger partial charge in [-0.3, -0.25) is 14.4 Å². The first-order valence-electron chi connectivity index (χ1n) is 15.4. The summed E-state index contributed by atoms with van der Waals surface area (Å²) in [6.07, 6.45) is 6.98. The van der Waals surface area contributed by atoms with Gasteiger partial charge in [0.2, 0.25) is 5.91 Å². The van der Waals surface area contributed by atoms with Crippen LogP contribution in [0.15, 0.2) is 93.7 Å². The highest BCUT2D eigenvalue weighted by atomic mass is 35.5. The van der Waals surface area contributed by atoms with Gasteiger partial charge in [-0.2, -0.15) is 0 Å². The molecule has 1 aromatic heterocycles. The van der Waals surface area contributed by atoms with Crippen LogP contribution in [-0.4, -0.2) is 47.5 Å². The van der Waals surface area contributed by atoms with E-state index in [1.807, 2.05) is 41.3 Å². The third-order valence-corrected chi connectivity index (χ3v) is 8.83. The Morgan fingerprint density at radius 2 is 1.73 bits per heavy atom. The van der Waals surface area contributed by atoms with Crippen molar-refractivity contribution in [3.05, 3.63) is 117 Å². The molecule has 0 bridgehead atoms. The molecule has 6 rings (SSSR count). The number of fused-ring (bicyclic) bond motifs is 1. The highest BCUT2D eigenvalue weighted by Gasteiger charge is 2.23. The van der Waals surface area contributed by atoms with Crippen molar-refractivity contribution in [1.29, 1.82) is 0 Å². The molecule has 2 fully saturated rings. The quantitative estimate of drug-likeness (QED) is 0.225. The zero-order valence-corrected chi connectivity index (χ0v) is 25.8. The maximum atomic E-state index is 13.4. The number of carbonyl (C=O) groups excluding carboxylic acids is 2. The number of hydrogen-bond acceptors (Lipinski definition) is 6. The number of halogens is 1. The molecule has 0 saturated carbocycles. The number of likely N-dealkylation sites (tertiary alicyclic amines) is 1. The third-order valence-electron chi connectivity index (χ3n) is 8.58. The first-order valence-corrected chi connectivity index (χ1v) is 15.8. The number of phenolic OH excluding ortho intramolecular Hbond substituents is 1. The Balaban J connectivity index is 1.18. The van der Waals surface area contributed by atoms with E-state index in [0.717, 1.165) is 56.9 Å². The second kappa shape index (κ2) is 13.6. The SMILES string of the molecule is O=C(N[C@@H](C=C1CCN(c2ccccc2CN2CCCCC2=O)CC1)Cc1ccc(Cl)cc1)c1cc(=O)c2cc(O)ccc2o1. The molecule has 0 spiro atoms.